The van der Waals surface area contributed by atoms with E-state index < -0.39 is 0 Å². The van der Waals surface area contributed by atoms with E-state index in [0.717, 1.165) is 0 Å². The Hall–Kier alpha value is -1.04. The average Bonchev–Trinajstić information content (AvgIpc) is 2.47. The van der Waals surface area contributed by atoms with Gasteiger partial charge in [-0.2, -0.15) is 0 Å². The lowest BCUT2D eigenvalue weighted by Crippen LogP contribution is -1.93. The van der Waals surface area contributed by atoms with Crippen LogP contribution < -0.4 is 0 Å². The van der Waals surface area contributed by atoms with Crippen molar-refractivity contribution >= 4 is 0 Å². The minimum Gasteiger partial charge on any atom is -0.102 e. The zero-order chi connectivity index (χ0) is 15.1. The van der Waals surface area contributed by atoms with Crippen LogP contribution in [-0.4, -0.2) is 0 Å². The molecule has 0 saturated carbocycles. The molecule has 0 saturated heterocycles. The number of aryl methyl sites for hydroxylation is 2. The standard InChI is InChI=1S/C12H16.3C2H6/c1-5-10(3)12-8-9(2)6-7-11(12)4;3*1-2/h5-8,10H,1H2,2-4H3;3*1-2H3. The molecule has 0 spiro atoms. The largest absolute Gasteiger partial charge is 0.102 e. The molecule has 0 aromatic heterocycles. The lowest BCUT2D eigenvalue weighted by Gasteiger charge is -2.10. The third kappa shape index (κ3) is 9.04. The normalized spacial score (nSPS) is 9.39. The summed E-state index contributed by atoms with van der Waals surface area (Å²) in [5.74, 6) is 0.463. The van der Waals surface area contributed by atoms with Gasteiger partial charge in [-0.25, -0.2) is 0 Å². The van der Waals surface area contributed by atoms with E-state index in [1.807, 2.05) is 47.6 Å². The minimum absolute atomic E-state index is 0.463. The molecule has 1 rings (SSSR count). The van der Waals surface area contributed by atoms with Crippen molar-refractivity contribution in [3.8, 4) is 0 Å². The van der Waals surface area contributed by atoms with Crippen molar-refractivity contribution in [2.45, 2.75) is 68.2 Å². The summed E-state index contributed by atoms with van der Waals surface area (Å²) >= 11 is 0. The summed E-state index contributed by atoms with van der Waals surface area (Å²) in [5, 5.41) is 0. The molecular formula is C18H34. The van der Waals surface area contributed by atoms with E-state index in [9.17, 15) is 0 Å². The topological polar surface area (TPSA) is 0 Å². The molecule has 0 radical (unpaired) electrons. The zero-order valence-corrected chi connectivity index (χ0v) is 14.1. The Morgan fingerprint density at radius 2 is 1.39 bits per heavy atom. The molecule has 0 aliphatic heterocycles. The van der Waals surface area contributed by atoms with Crippen molar-refractivity contribution in [2.24, 2.45) is 0 Å². The molecule has 0 aliphatic rings. The van der Waals surface area contributed by atoms with Gasteiger partial charge in [-0.3, -0.25) is 0 Å². The lowest BCUT2D eigenvalue weighted by atomic mass is 9.95. The maximum atomic E-state index is 3.81. The highest BCUT2D eigenvalue weighted by Crippen LogP contribution is 2.21. The van der Waals surface area contributed by atoms with Crippen LogP contribution >= 0.6 is 0 Å². The fourth-order valence-corrected chi connectivity index (χ4v) is 1.38. The van der Waals surface area contributed by atoms with E-state index in [-0.39, 0.29) is 0 Å². The average molecular weight is 250 g/mol. The summed E-state index contributed by atoms with van der Waals surface area (Å²) in [6.07, 6.45) is 1.99. The van der Waals surface area contributed by atoms with Gasteiger partial charge in [0.15, 0.2) is 0 Å². The van der Waals surface area contributed by atoms with Gasteiger partial charge < -0.3 is 0 Å². The second-order valence-electron chi connectivity index (χ2n) is 3.38. The van der Waals surface area contributed by atoms with Gasteiger partial charge in [-0.15, -0.1) is 6.58 Å². The summed E-state index contributed by atoms with van der Waals surface area (Å²) in [7, 11) is 0. The van der Waals surface area contributed by atoms with Crippen molar-refractivity contribution in [3.63, 3.8) is 0 Å². The lowest BCUT2D eigenvalue weighted by molar-refractivity contribution is 0.952. The fraction of sp³-hybridized carbons (Fsp3) is 0.556. The highest BCUT2D eigenvalue weighted by atomic mass is 14.1. The number of hydrogen-bond donors (Lipinski definition) is 0. The third-order valence-corrected chi connectivity index (χ3v) is 2.28. The molecule has 106 valence electrons. The maximum absolute atomic E-state index is 3.81. The molecule has 0 N–H and O–H groups in total. The number of benzene rings is 1. The van der Waals surface area contributed by atoms with Gasteiger partial charge in [-0.1, -0.05) is 78.3 Å². The summed E-state index contributed by atoms with van der Waals surface area (Å²) in [5.41, 5.74) is 4.07. The van der Waals surface area contributed by atoms with Crippen LogP contribution in [0.25, 0.3) is 0 Å². The molecule has 0 heteroatoms. The second kappa shape index (κ2) is 16.0. The summed E-state index contributed by atoms with van der Waals surface area (Å²) in [6.45, 7) is 22.3. The third-order valence-electron chi connectivity index (χ3n) is 2.28. The van der Waals surface area contributed by atoms with Crippen LogP contribution in [0.15, 0.2) is 30.9 Å². The van der Waals surface area contributed by atoms with Gasteiger partial charge in [0.1, 0.15) is 0 Å². The maximum Gasteiger partial charge on any atom is -0.00104 e. The smallest absolute Gasteiger partial charge is 0.00104 e. The van der Waals surface area contributed by atoms with Crippen molar-refractivity contribution in [1.29, 1.82) is 0 Å². The van der Waals surface area contributed by atoms with Crippen LogP contribution in [0.2, 0.25) is 0 Å². The van der Waals surface area contributed by atoms with E-state index in [1.54, 1.807) is 0 Å². The SMILES string of the molecule is C=CC(C)c1cc(C)ccc1C.CC.CC.CC. The van der Waals surface area contributed by atoms with Gasteiger partial charge >= 0.3 is 0 Å². The molecule has 1 aromatic carbocycles. The summed E-state index contributed by atoms with van der Waals surface area (Å²) < 4.78 is 0. The highest BCUT2D eigenvalue weighted by molar-refractivity contribution is 5.34. The van der Waals surface area contributed by atoms with Crippen LogP contribution in [-0.2, 0) is 0 Å². The Bertz CT molecular complexity index is 284. The van der Waals surface area contributed by atoms with Crippen LogP contribution in [0.3, 0.4) is 0 Å². The molecule has 0 amide bonds. The second-order valence-corrected chi connectivity index (χ2v) is 3.38. The van der Waals surface area contributed by atoms with Crippen molar-refractivity contribution in [1.82, 2.24) is 0 Å². The predicted octanol–water partition coefficient (Wildman–Crippen LogP) is 6.67. The Balaban J connectivity index is -0.000000328. The van der Waals surface area contributed by atoms with E-state index in [1.165, 1.54) is 16.7 Å². The summed E-state index contributed by atoms with van der Waals surface area (Å²) in [6, 6.07) is 6.56. The molecule has 1 unspecified atom stereocenters. The zero-order valence-electron chi connectivity index (χ0n) is 14.1. The molecular weight excluding hydrogens is 216 g/mol. The first-order valence-electron chi connectivity index (χ1n) is 7.35. The molecule has 18 heavy (non-hydrogen) atoms. The minimum atomic E-state index is 0.463. The molecule has 0 nitrogen and oxygen atoms in total. The molecule has 0 aliphatic carbocycles. The Morgan fingerprint density at radius 3 is 1.78 bits per heavy atom. The van der Waals surface area contributed by atoms with Crippen molar-refractivity contribution in [3.05, 3.63) is 47.5 Å². The van der Waals surface area contributed by atoms with Gasteiger partial charge in [0.25, 0.3) is 0 Å². The van der Waals surface area contributed by atoms with Crippen LogP contribution in [0.1, 0.15) is 71.1 Å². The molecule has 1 atom stereocenters. The molecule has 0 bridgehead atoms. The molecule has 0 fully saturated rings. The first kappa shape index (κ1) is 22.2. The van der Waals surface area contributed by atoms with Crippen LogP contribution in [0, 0.1) is 13.8 Å². The quantitative estimate of drug-likeness (QED) is 0.514. The van der Waals surface area contributed by atoms with Gasteiger partial charge in [0.2, 0.25) is 0 Å². The van der Waals surface area contributed by atoms with Crippen LogP contribution in [0.4, 0.5) is 0 Å². The number of rotatable bonds is 2. The Kier molecular flexibility index (Phi) is 19.7. The van der Waals surface area contributed by atoms with E-state index >= 15 is 0 Å². The number of allylic oxidation sites excluding steroid dienone is 1. The molecule has 1 aromatic rings. The Morgan fingerprint density at radius 1 is 0.944 bits per heavy atom. The fourth-order valence-electron chi connectivity index (χ4n) is 1.38. The van der Waals surface area contributed by atoms with E-state index in [0.29, 0.717) is 5.92 Å². The van der Waals surface area contributed by atoms with E-state index in [2.05, 4.69) is 45.5 Å². The van der Waals surface area contributed by atoms with Gasteiger partial charge in [-0.05, 0) is 30.9 Å². The summed E-state index contributed by atoms with van der Waals surface area (Å²) in [4.78, 5) is 0. The van der Waals surface area contributed by atoms with Crippen molar-refractivity contribution in [2.75, 3.05) is 0 Å². The van der Waals surface area contributed by atoms with Crippen LogP contribution in [0.5, 0.6) is 0 Å². The first-order chi connectivity index (χ1) is 8.65. The van der Waals surface area contributed by atoms with Gasteiger partial charge in [0.05, 0.1) is 0 Å². The van der Waals surface area contributed by atoms with Gasteiger partial charge in [0, 0.05) is 0 Å². The Labute approximate surface area is 116 Å². The van der Waals surface area contributed by atoms with E-state index in [4.69, 9.17) is 0 Å². The monoisotopic (exact) mass is 250 g/mol. The number of hydrogen-bond acceptors (Lipinski definition) is 0. The molecule has 0 heterocycles. The first-order valence-corrected chi connectivity index (χ1v) is 7.35. The highest BCUT2D eigenvalue weighted by Gasteiger charge is 2.03. The predicted molar refractivity (Wildman–Crippen MR) is 88.6 cm³/mol. The van der Waals surface area contributed by atoms with Crippen molar-refractivity contribution < 1.29 is 0 Å².